The first-order valence-electron chi connectivity index (χ1n) is 6.15. The van der Waals surface area contributed by atoms with Crippen LogP contribution in [-0.4, -0.2) is 48.9 Å². The van der Waals surface area contributed by atoms with Gasteiger partial charge in [-0.3, -0.25) is 4.55 Å². The first-order chi connectivity index (χ1) is 7.99. The van der Waals surface area contributed by atoms with Crippen molar-refractivity contribution in [2.45, 2.75) is 39.0 Å². The van der Waals surface area contributed by atoms with Crippen LogP contribution >= 0.6 is 0 Å². The van der Waals surface area contributed by atoms with Crippen LogP contribution in [0.25, 0.3) is 0 Å². The van der Waals surface area contributed by atoms with E-state index in [0.29, 0.717) is 6.42 Å². The van der Waals surface area contributed by atoms with Gasteiger partial charge < -0.3 is 4.74 Å². The lowest BCUT2D eigenvalue weighted by molar-refractivity contribution is -0.545. The second-order valence-electron chi connectivity index (χ2n) is 4.41. The average molecular weight is 264 g/mol. The SMILES string of the molecule is CC1=[N+](CCCCCCS(=O)(=O)O)CCCO1. The van der Waals surface area contributed by atoms with Gasteiger partial charge in [-0.25, -0.2) is 4.58 Å². The van der Waals surface area contributed by atoms with Crippen molar-refractivity contribution in [2.24, 2.45) is 0 Å². The maximum Gasteiger partial charge on any atom is 0.333 e. The smallest absolute Gasteiger partial charge is 0.333 e. The molecular formula is C11H22NO4S+. The van der Waals surface area contributed by atoms with E-state index in [1.54, 1.807) is 0 Å². The van der Waals surface area contributed by atoms with Crippen LogP contribution in [-0.2, 0) is 14.9 Å². The predicted molar refractivity (Wildman–Crippen MR) is 66.1 cm³/mol. The largest absolute Gasteiger partial charge is 0.448 e. The molecule has 0 saturated heterocycles. The number of ether oxygens (including phenoxy) is 1. The summed E-state index contributed by atoms with van der Waals surface area (Å²) in [4.78, 5) is 0. The van der Waals surface area contributed by atoms with Crippen LogP contribution in [0.3, 0.4) is 0 Å². The van der Waals surface area contributed by atoms with Crippen molar-refractivity contribution < 1.29 is 22.3 Å². The van der Waals surface area contributed by atoms with Gasteiger partial charge in [0.05, 0.1) is 19.3 Å². The van der Waals surface area contributed by atoms with Crippen molar-refractivity contribution >= 4 is 16.0 Å². The van der Waals surface area contributed by atoms with Crippen LogP contribution in [0.2, 0.25) is 0 Å². The lowest BCUT2D eigenvalue weighted by atomic mass is 10.2. The normalized spacial score (nSPS) is 17.1. The van der Waals surface area contributed by atoms with E-state index in [9.17, 15) is 8.42 Å². The Labute approximate surface area is 103 Å². The van der Waals surface area contributed by atoms with Crippen LogP contribution in [0.1, 0.15) is 39.0 Å². The van der Waals surface area contributed by atoms with Crippen LogP contribution < -0.4 is 0 Å². The predicted octanol–water partition coefficient (Wildman–Crippen LogP) is 1.29. The highest BCUT2D eigenvalue weighted by molar-refractivity contribution is 7.85. The summed E-state index contributed by atoms with van der Waals surface area (Å²) in [5.41, 5.74) is 0. The number of hydrogen-bond donors (Lipinski definition) is 1. The Bertz CT molecular complexity index is 362. The second-order valence-corrected chi connectivity index (χ2v) is 5.98. The molecule has 0 atom stereocenters. The Morgan fingerprint density at radius 2 is 2.00 bits per heavy atom. The van der Waals surface area contributed by atoms with E-state index in [1.165, 1.54) is 0 Å². The van der Waals surface area contributed by atoms with Gasteiger partial charge in [0.25, 0.3) is 10.1 Å². The maximum atomic E-state index is 10.5. The zero-order valence-electron chi connectivity index (χ0n) is 10.4. The van der Waals surface area contributed by atoms with Gasteiger partial charge in [-0.2, -0.15) is 8.42 Å². The molecule has 0 aliphatic carbocycles. The van der Waals surface area contributed by atoms with E-state index < -0.39 is 10.1 Å². The molecule has 6 heteroatoms. The molecule has 0 bridgehead atoms. The number of unbranched alkanes of at least 4 members (excludes halogenated alkanes) is 3. The highest BCUT2D eigenvalue weighted by atomic mass is 32.2. The molecule has 1 heterocycles. The van der Waals surface area contributed by atoms with Gasteiger partial charge in [0, 0.05) is 12.8 Å². The molecule has 1 N–H and O–H groups in total. The summed E-state index contributed by atoms with van der Waals surface area (Å²) < 4.78 is 37.2. The van der Waals surface area contributed by atoms with Crippen LogP contribution in [0.15, 0.2) is 0 Å². The molecule has 0 radical (unpaired) electrons. The molecule has 0 saturated carbocycles. The van der Waals surface area contributed by atoms with Gasteiger partial charge in [0.15, 0.2) is 0 Å². The van der Waals surface area contributed by atoms with Gasteiger partial charge in [-0.15, -0.1) is 0 Å². The monoisotopic (exact) mass is 264 g/mol. The third-order valence-electron chi connectivity index (χ3n) is 2.91. The molecule has 0 aromatic carbocycles. The molecule has 0 amide bonds. The molecule has 1 rings (SSSR count). The number of hydrogen-bond acceptors (Lipinski definition) is 3. The van der Waals surface area contributed by atoms with E-state index in [1.807, 2.05) is 6.92 Å². The molecule has 0 aromatic heterocycles. The molecule has 1 aliphatic rings. The molecule has 0 spiro atoms. The Morgan fingerprint density at radius 3 is 2.65 bits per heavy atom. The first-order valence-corrected chi connectivity index (χ1v) is 7.76. The van der Waals surface area contributed by atoms with Crippen LogP contribution in [0.5, 0.6) is 0 Å². The van der Waals surface area contributed by atoms with E-state index in [0.717, 1.165) is 51.3 Å². The summed E-state index contributed by atoms with van der Waals surface area (Å²) in [6, 6.07) is 0. The van der Waals surface area contributed by atoms with E-state index in [4.69, 9.17) is 9.29 Å². The van der Waals surface area contributed by atoms with E-state index in [2.05, 4.69) is 4.58 Å². The van der Waals surface area contributed by atoms with Crippen LogP contribution in [0, 0.1) is 0 Å². The van der Waals surface area contributed by atoms with Gasteiger partial charge in [-0.1, -0.05) is 6.42 Å². The van der Waals surface area contributed by atoms with Crippen LogP contribution in [0.4, 0.5) is 0 Å². The molecule has 0 aromatic rings. The van der Waals surface area contributed by atoms with Gasteiger partial charge >= 0.3 is 5.90 Å². The Balaban J connectivity index is 2.08. The second kappa shape index (κ2) is 6.96. The Morgan fingerprint density at radius 1 is 1.29 bits per heavy atom. The van der Waals surface area contributed by atoms with E-state index >= 15 is 0 Å². The fourth-order valence-electron chi connectivity index (χ4n) is 1.93. The molecule has 17 heavy (non-hydrogen) atoms. The zero-order chi connectivity index (χ0) is 12.7. The lowest BCUT2D eigenvalue weighted by Gasteiger charge is -2.13. The summed E-state index contributed by atoms with van der Waals surface area (Å²) in [5, 5.41) is 0. The summed E-state index contributed by atoms with van der Waals surface area (Å²) >= 11 is 0. The average Bonchev–Trinajstić information content (AvgIpc) is 2.24. The minimum absolute atomic E-state index is 0.120. The quantitative estimate of drug-likeness (QED) is 0.427. The van der Waals surface area contributed by atoms with Gasteiger partial charge in [0.2, 0.25) is 0 Å². The topological polar surface area (TPSA) is 66.6 Å². The number of nitrogens with zero attached hydrogens (tertiary/aromatic N) is 1. The highest BCUT2D eigenvalue weighted by Crippen LogP contribution is 2.04. The van der Waals surface area contributed by atoms with Crippen molar-refractivity contribution in [3.05, 3.63) is 0 Å². The van der Waals surface area contributed by atoms with Crippen molar-refractivity contribution in [2.75, 3.05) is 25.4 Å². The Hall–Kier alpha value is -0.620. The minimum Gasteiger partial charge on any atom is -0.448 e. The molecule has 0 fully saturated rings. The summed E-state index contributed by atoms with van der Waals surface area (Å²) in [6.45, 7) is 4.82. The highest BCUT2D eigenvalue weighted by Gasteiger charge is 2.15. The minimum atomic E-state index is -3.78. The third-order valence-corrected chi connectivity index (χ3v) is 3.71. The van der Waals surface area contributed by atoms with E-state index in [-0.39, 0.29) is 5.75 Å². The molecule has 100 valence electrons. The van der Waals surface area contributed by atoms with Crippen molar-refractivity contribution in [1.82, 2.24) is 0 Å². The molecular weight excluding hydrogens is 242 g/mol. The van der Waals surface area contributed by atoms with Crippen molar-refractivity contribution in [1.29, 1.82) is 0 Å². The third kappa shape index (κ3) is 6.63. The first kappa shape index (κ1) is 14.4. The van der Waals surface area contributed by atoms with Gasteiger partial charge in [0.1, 0.15) is 13.1 Å². The number of rotatable bonds is 7. The molecule has 0 unspecified atom stereocenters. The zero-order valence-corrected chi connectivity index (χ0v) is 11.2. The summed E-state index contributed by atoms with van der Waals surface area (Å²) in [7, 11) is -3.78. The fraction of sp³-hybridized carbons (Fsp3) is 0.909. The molecule has 5 nitrogen and oxygen atoms in total. The maximum absolute atomic E-state index is 10.5. The fourth-order valence-corrected chi connectivity index (χ4v) is 2.50. The van der Waals surface area contributed by atoms with Crippen molar-refractivity contribution in [3.8, 4) is 0 Å². The van der Waals surface area contributed by atoms with Crippen molar-refractivity contribution in [3.63, 3.8) is 0 Å². The Kier molecular flexibility index (Phi) is 5.91. The summed E-state index contributed by atoms with van der Waals surface area (Å²) in [6.07, 6.45) is 4.47. The standard InChI is InChI=1S/C11H21NO4S/c1-11-12(8-6-9-16-11)7-4-2-3-5-10-17(13,14)15/h2-10H2,1H3/p+1. The van der Waals surface area contributed by atoms with Gasteiger partial charge in [-0.05, 0) is 12.8 Å². The molecule has 1 aliphatic heterocycles. The lowest BCUT2D eigenvalue weighted by Crippen LogP contribution is -2.29. The summed E-state index contributed by atoms with van der Waals surface area (Å²) in [5.74, 6) is 0.875.